The highest BCUT2D eigenvalue weighted by Crippen LogP contribution is 2.17. The summed E-state index contributed by atoms with van der Waals surface area (Å²) in [4.78, 5) is 25.2. The van der Waals surface area contributed by atoms with Crippen LogP contribution < -0.4 is 10.6 Å². The lowest BCUT2D eigenvalue weighted by Crippen LogP contribution is -2.38. The average molecular weight is 282 g/mol. The monoisotopic (exact) mass is 282 g/mol. The number of anilines is 1. The number of benzene rings is 2. The summed E-state index contributed by atoms with van der Waals surface area (Å²) in [5.74, 6) is -0.778. The summed E-state index contributed by atoms with van der Waals surface area (Å²) in [6.07, 6.45) is 0.915. The van der Waals surface area contributed by atoms with Crippen molar-refractivity contribution in [3.8, 4) is 0 Å². The fraction of sp³-hybridized carbons (Fsp3) is 0.176. The van der Waals surface area contributed by atoms with E-state index in [9.17, 15) is 9.59 Å². The molecule has 0 atom stereocenters. The average Bonchev–Trinajstić information content (AvgIpc) is 2.53. The summed E-state index contributed by atoms with van der Waals surface area (Å²) >= 11 is 0. The van der Waals surface area contributed by atoms with Gasteiger partial charge in [-0.1, -0.05) is 37.3 Å². The molecule has 0 unspecified atom stereocenters. The number of nitrogens with zero attached hydrogens (tertiary/aromatic N) is 1. The van der Waals surface area contributed by atoms with Gasteiger partial charge in [0.15, 0.2) is 0 Å². The Morgan fingerprint density at radius 1 is 1.00 bits per heavy atom. The molecule has 0 aliphatic rings. The van der Waals surface area contributed by atoms with E-state index in [2.05, 4.69) is 6.92 Å². The van der Waals surface area contributed by atoms with E-state index in [0.29, 0.717) is 11.3 Å². The highest BCUT2D eigenvalue weighted by Gasteiger charge is 2.19. The number of primary amides is 1. The molecule has 0 heterocycles. The first-order valence-electron chi connectivity index (χ1n) is 6.86. The lowest BCUT2D eigenvalue weighted by Gasteiger charge is -2.21. The molecule has 0 saturated carbocycles. The second-order valence-electron chi connectivity index (χ2n) is 4.74. The van der Waals surface area contributed by atoms with Crippen LogP contribution in [0.3, 0.4) is 0 Å². The lowest BCUT2D eigenvalue weighted by atomic mass is 10.1. The number of rotatable bonds is 5. The molecule has 2 aromatic carbocycles. The molecule has 21 heavy (non-hydrogen) atoms. The number of aryl methyl sites for hydroxylation is 1. The first-order chi connectivity index (χ1) is 10.1. The van der Waals surface area contributed by atoms with Crippen LogP contribution in [0.1, 0.15) is 22.8 Å². The quantitative estimate of drug-likeness (QED) is 0.915. The SMILES string of the molecule is CCc1ccc(C(=O)N(CC(N)=O)c2ccccc2)cc1. The fourth-order valence-corrected chi connectivity index (χ4v) is 2.08. The molecule has 4 heteroatoms. The van der Waals surface area contributed by atoms with Crippen LogP contribution in [-0.2, 0) is 11.2 Å². The summed E-state index contributed by atoms with van der Waals surface area (Å²) in [5, 5.41) is 0. The first-order valence-corrected chi connectivity index (χ1v) is 6.86. The third-order valence-corrected chi connectivity index (χ3v) is 3.24. The standard InChI is InChI=1S/C17H18N2O2/c1-2-13-8-10-14(11-9-13)17(21)19(12-16(18)20)15-6-4-3-5-7-15/h3-11H,2,12H2,1H3,(H2,18,20). The highest BCUT2D eigenvalue weighted by atomic mass is 16.2. The predicted molar refractivity (Wildman–Crippen MR) is 83.1 cm³/mol. The van der Waals surface area contributed by atoms with Gasteiger partial charge in [0.25, 0.3) is 5.91 Å². The van der Waals surface area contributed by atoms with Crippen molar-refractivity contribution in [2.24, 2.45) is 5.73 Å². The van der Waals surface area contributed by atoms with Crippen LogP contribution in [0.5, 0.6) is 0 Å². The zero-order chi connectivity index (χ0) is 15.2. The maximum Gasteiger partial charge on any atom is 0.258 e. The van der Waals surface area contributed by atoms with E-state index >= 15 is 0 Å². The normalized spacial score (nSPS) is 10.1. The van der Waals surface area contributed by atoms with Gasteiger partial charge in [0, 0.05) is 11.3 Å². The molecule has 0 spiro atoms. The Hall–Kier alpha value is -2.62. The van der Waals surface area contributed by atoms with Gasteiger partial charge in [-0.2, -0.15) is 0 Å². The van der Waals surface area contributed by atoms with Gasteiger partial charge in [0.05, 0.1) is 0 Å². The van der Waals surface area contributed by atoms with Crippen LogP contribution in [0.25, 0.3) is 0 Å². The van der Waals surface area contributed by atoms with Gasteiger partial charge >= 0.3 is 0 Å². The van der Waals surface area contributed by atoms with Gasteiger partial charge in [-0.05, 0) is 36.2 Å². The van der Waals surface area contributed by atoms with E-state index in [-0.39, 0.29) is 12.5 Å². The van der Waals surface area contributed by atoms with Gasteiger partial charge < -0.3 is 5.73 Å². The van der Waals surface area contributed by atoms with Crippen molar-refractivity contribution in [3.05, 3.63) is 65.7 Å². The zero-order valence-corrected chi connectivity index (χ0v) is 12.0. The van der Waals surface area contributed by atoms with Gasteiger partial charge in [0.2, 0.25) is 5.91 Å². The van der Waals surface area contributed by atoms with E-state index in [4.69, 9.17) is 5.73 Å². The molecule has 4 nitrogen and oxygen atoms in total. The second kappa shape index (κ2) is 6.70. The van der Waals surface area contributed by atoms with Crippen molar-refractivity contribution in [1.82, 2.24) is 0 Å². The largest absolute Gasteiger partial charge is 0.368 e. The third kappa shape index (κ3) is 3.69. The Kier molecular flexibility index (Phi) is 4.72. The van der Waals surface area contributed by atoms with Crippen LogP contribution in [0, 0.1) is 0 Å². The van der Waals surface area contributed by atoms with Gasteiger partial charge in [-0.3, -0.25) is 14.5 Å². The topological polar surface area (TPSA) is 63.4 Å². The minimum Gasteiger partial charge on any atom is -0.368 e. The van der Waals surface area contributed by atoms with Crippen LogP contribution in [0.15, 0.2) is 54.6 Å². The van der Waals surface area contributed by atoms with Crippen LogP contribution in [-0.4, -0.2) is 18.4 Å². The van der Waals surface area contributed by atoms with Gasteiger partial charge in [-0.25, -0.2) is 0 Å². The molecule has 2 rings (SSSR count). The summed E-state index contributed by atoms with van der Waals surface area (Å²) in [6.45, 7) is 1.92. The molecular weight excluding hydrogens is 264 g/mol. The highest BCUT2D eigenvalue weighted by molar-refractivity contribution is 6.08. The Morgan fingerprint density at radius 2 is 1.62 bits per heavy atom. The number of hydrogen-bond acceptors (Lipinski definition) is 2. The Morgan fingerprint density at radius 3 is 2.14 bits per heavy atom. The van der Waals surface area contributed by atoms with Crippen molar-refractivity contribution in [1.29, 1.82) is 0 Å². The molecule has 0 aromatic heterocycles. The molecule has 108 valence electrons. The Labute approximate surface area is 124 Å². The molecule has 2 amide bonds. The molecule has 0 aliphatic heterocycles. The van der Waals surface area contributed by atoms with Gasteiger partial charge in [-0.15, -0.1) is 0 Å². The Bertz CT molecular complexity index is 621. The number of para-hydroxylation sites is 1. The first kappa shape index (κ1) is 14.8. The number of carbonyl (C=O) groups is 2. The third-order valence-electron chi connectivity index (χ3n) is 3.24. The van der Waals surface area contributed by atoms with Gasteiger partial charge in [0.1, 0.15) is 6.54 Å². The van der Waals surface area contributed by atoms with E-state index in [1.807, 2.05) is 30.3 Å². The molecule has 0 aliphatic carbocycles. The lowest BCUT2D eigenvalue weighted by molar-refractivity contribution is -0.116. The fourth-order valence-electron chi connectivity index (χ4n) is 2.08. The van der Waals surface area contributed by atoms with Crippen molar-refractivity contribution in [2.75, 3.05) is 11.4 Å². The summed E-state index contributed by atoms with van der Waals surface area (Å²) in [5.41, 5.74) is 7.61. The molecule has 2 aromatic rings. The minimum atomic E-state index is -0.544. The van der Waals surface area contributed by atoms with Crippen LogP contribution in [0.2, 0.25) is 0 Å². The summed E-state index contributed by atoms with van der Waals surface area (Å²) < 4.78 is 0. The summed E-state index contributed by atoms with van der Waals surface area (Å²) in [7, 11) is 0. The Balaban J connectivity index is 2.31. The van der Waals surface area contributed by atoms with Crippen LogP contribution in [0.4, 0.5) is 5.69 Å². The second-order valence-corrected chi connectivity index (χ2v) is 4.74. The van der Waals surface area contributed by atoms with Crippen molar-refractivity contribution < 1.29 is 9.59 Å². The van der Waals surface area contributed by atoms with Crippen molar-refractivity contribution >= 4 is 17.5 Å². The van der Waals surface area contributed by atoms with Crippen molar-refractivity contribution in [3.63, 3.8) is 0 Å². The number of nitrogens with two attached hydrogens (primary N) is 1. The predicted octanol–water partition coefficient (Wildman–Crippen LogP) is 2.38. The zero-order valence-electron chi connectivity index (χ0n) is 12.0. The minimum absolute atomic E-state index is 0.141. The molecule has 0 radical (unpaired) electrons. The number of amides is 2. The van der Waals surface area contributed by atoms with E-state index in [1.165, 1.54) is 4.90 Å². The molecule has 0 fully saturated rings. The number of hydrogen-bond donors (Lipinski definition) is 1. The smallest absolute Gasteiger partial charge is 0.258 e. The molecule has 0 bridgehead atoms. The molecule has 0 saturated heterocycles. The maximum absolute atomic E-state index is 12.6. The van der Waals surface area contributed by atoms with Crippen LogP contribution >= 0.6 is 0 Å². The van der Waals surface area contributed by atoms with E-state index < -0.39 is 5.91 Å². The maximum atomic E-state index is 12.6. The molecule has 2 N–H and O–H groups in total. The number of carbonyl (C=O) groups excluding carboxylic acids is 2. The molecular formula is C17H18N2O2. The van der Waals surface area contributed by atoms with E-state index in [1.54, 1.807) is 24.3 Å². The van der Waals surface area contributed by atoms with Crippen molar-refractivity contribution in [2.45, 2.75) is 13.3 Å². The summed E-state index contributed by atoms with van der Waals surface area (Å²) in [6, 6.07) is 16.4. The van der Waals surface area contributed by atoms with E-state index in [0.717, 1.165) is 12.0 Å².